The van der Waals surface area contributed by atoms with Gasteiger partial charge in [-0.1, -0.05) is 6.92 Å². The Bertz CT molecular complexity index is 489. The maximum Gasteiger partial charge on any atom is 0.124 e. The zero-order valence-electron chi connectivity index (χ0n) is 12.8. The Morgan fingerprint density at radius 1 is 1.10 bits per heavy atom. The van der Waals surface area contributed by atoms with Crippen molar-refractivity contribution in [2.45, 2.75) is 51.9 Å². The first-order valence-corrected chi connectivity index (χ1v) is 8.45. The molecular weight excluding hydrogens is 246 g/mol. The van der Waals surface area contributed by atoms with Gasteiger partial charge in [-0.15, -0.1) is 0 Å². The van der Waals surface area contributed by atoms with Crippen molar-refractivity contribution in [3.05, 3.63) is 11.3 Å². The van der Waals surface area contributed by atoms with E-state index in [9.17, 15) is 0 Å². The summed E-state index contributed by atoms with van der Waals surface area (Å²) in [6.45, 7) is 2.20. The molecule has 1 aromatic rings. The van der Waals surface area contributed by atoms with E-state index in [1.807, 2.05) is 11.7 Å². The minimum Gasteiger partial charge on any atom is -0.384 e. The van der Waals surface area contributed by atoms with Gasteiger partial charge in [0.15, 0.2) is 0 Å². The van der Waals surface area contributed by atoms with Crippen molar-refractivity contribution >= 4 is 5.82 Å². The van der Waals surface area contributed by atoms with Crippen LogP contribution in [0.5, 0.6) is 0 Å². The van der Waals surface area contributed by atoms with E-state index in [0.717, 1.165) is 41.8 Å². The second-order valence-electron chi connectivity index (χ2n) is 7.59. The van der Waals surface area contributed by atoms with Crippen molar-refractivity contribution in [1.29, 1.82) is 0 Å². The first-order chi connectivity index (χ1) is 9.65. The molecule has 0 radical (unpaired) electrons. The van der Waals surface area contributed by atoms with Crippen LogP contribution >= 0.6 is 0 Å². The number of aromatic nitrogens is 2. The highest BCUT2D eigenvalue weighted by Gasteiger charge is 2.48. The molecule has 0 aliphatic heterocycles. The fourth-order valence-electron chi connectivity index (χ4n) is 5.75. The molecule has 1 heterocycles. The molecule has 110 valence electrons. The molecule has 3 heteroatoms. The molecule has 2 N–H and O–H groups in total. The lowest BCUT2D eigenvalue weighted by molar-refractivity contribution is -0.0360. The lowest BCUT2D eigenvalue weighted by atomic mass is 9.51. The van der Waals surface area contributed by atoms with Gasteiger partial charge in [-0.3, -0.25) is 4.68 Å². The van der Waals surface area contributed by atoms with Crippen LogP contribution in [0.15, 0.2) is 0 Å². The Morgan fingerprint density at radius 3 is 2.25 bits per heavy atom. The number of aryl methyl sites for hydroxylation is 2. The minimum atomic E-state index is 0.889. The fourth-order valence-corrected chi connectivity index (χ4v) is 5.75. The van der Waals surface area contributed by atoms with Gasteiger partial charge >= 0.3 is 0 Å². The van der Waals surface area contributed by atoms with E-state index in [4.69, 9.17) is 5.73 Å². The van der Waals surface area contributed by atoms with Gasteiger partial charge in [0, 0.05) is 12.6 Å². The number of nitrogens with zero attached hydrogens (tertiary/aromatic N) is 2. The largest absolute Gasteiger partial charge is 0.384 e. The highest BCUT2D eigenvalue weighted by Crippen LogP contribution is 2.57. The van der Waals surface area contributed by atoms with Crippen LogP contribution in [0, 0.1) is 29.6 Å². The monoisotopic (exact) mass is 273 g/mol. The van der Waals surface area contributed by atoms with Crippen LogP contribution in [0.2, 0.25) is 0 Å². The minimum absolute atomic E-state index is 0.889. The molecule has 20 heavy (non-hydrogen) atoms. The average Bonchev–Trinajstić information content (AvgIpc) is 2.69. The van der Waals surface area contributed by atoms with Crippen molar-refractivity contribution in [2.24, 2.45) is 36.6 Å². The molecule has 0 spiro atoms. The summed E-state index contributed by atoms with van der Waals surface area (Å²) in [6, 6.07) is 0. The number of nitrogens with two attached hydrogens (primary N) is 1. The van der Waals surface area contributed by atoms with E-state index in [-0.39, 0.29) is 0 Å². The highest BCUT2D eigenvalue weighted by atomic mass is 15.3. The normalized spacial score (nSPS) is 38.6. The number of hydrogen-bond donors (Lipinski definition) is 1. The van der Waals surface area contributed by atoms with E-state index in [0.29, 0.717) is 0 Å². The van der Waals surface area contributed by atoms with Gasteiger partial charge in [-0.2, -0.15) is 5.10 Å². The van der Waals surface area contributed by atoms with Crippen LogP contribution in [-0.2, 0) is 19.9 Å². The van der Waals surface area contributed by atoms with Gasteiger partial charge in [0.2, 0.25) is 0 Å². The molecule has 0 atom stereocenters. The molecular formula is C17H27N3. The van der Waals surface area contributed by atoms with Crippen molar-refractivity contribution < 1.29 is 0 Å². The summed E-state index contributed by atoms with van der Waals surface area (Å²) in [4.78, 5) is 0. The molecule has 0 amide bonds. The van der Waals surface area contributed by atoms with Gasteiger partial charge in [0.25, 0.3) is 0 Å². The third-order valence-corrected chi connectivity index (χ3v) is 6.47. The second kappa shape index (κ2) is 4.51. The van der Waals surface area contributed by atoms with Crippen LogP contribution < -0.4 is 5.73 Å². The topological polar surface area (TPSA) is 43.8 Å². The zero-order chi connectivity index (χ0) is 13.9. The second-order valence-corrected chi connectivity index (χ2v) is 7.59. The summed E-state index contributed by atoms with van der Waals surface area (Å²) in [6.07, 6.45) is 9.73. The number of hydrogen-bond acceptors (Lipinski definition) is 2. The van der Waals surface area contributed by atoms with E-state index in [1.165, 1.54) is 49.8 Å². The predicted molar refractivity (Wildman–Crippen MR) is 81.2 cm³/mol. The molecule has 0 saturated heterocycles. The molecule has 5 rings (SSSR count). The SMILES string of the molecule is CCc1nn(C)c(N)c1CC1C2CC3CC(C2)CC1C3. The lowest BCUT2D eigenvalue weighted by Gasteiger charge is -2.54. The predicted octanol–water partition coefficient (Wildman–Crippen LogP) is 3.18. The molecule has 0 unspecified atom stereocenters. The summed E-state index contributed by atoms with van der Waals surface area (Å²) in [5.41, 5.74) is 8.89. The van der Waals surface area contributed by atoms with Gasteiger partial charge in [-0.25, -0.2) is 0 Å². The molecule has 3 nitrogen and oxygen atoms in total. The smallest absolute Gasteiger partial charge is 0.124 e. The standard InChI is InChI=1S/C17H27N3/c1-3-16-15(17(18)20(2)19-16)9-14-12-5-10-4-11(7-12)8-13(14)6-10/h10-14H,3-9,18H2,1-2H3. The number of rotatable bonds is 3. The third-order valence-electron chi connectivity index (χ3n) is 6.47. The van der Waals surface area contributed by atoms with Crippen LogP contribution in [0.4, 0.5) is 5.82 Å². The van der Waals surface area contributed by atoms with Crippen molar-refractivity contribution in [3.8, 4) is 0 Å². The zero-order valence-corrected chi connectivity index (χ0v) is 12.8. The first-order valence-electron chi connectivity index (χ1n) is 8.45. The molecule has 4 bridgehead atoms. The van der Waals surface area contributed by atoms with E-state index in [2.05, 4.69) is 12.0 Å². The summed E-state index contributed by atoms with van der Waals surface area (Å²) >= 11 is 0. The van der Waals surface area contributed by atoms with Gasteiger partial charge in [0.1, 0.15) is 5.82 Å². The van der Waals surface area contributed by atoms with Crippen molar-refractivity contribution in [2.75, 3.05) is 5.73 Å². The molecule has 1 aromatic heterocycles. The maximum atomic E-state index is 6.28. The Morgan fingerprint density at radius 2 is 1.70 bits per heavy atom. The van der Waals surface area contributed by atoms with Crippen LogP contribution in [0.3, 0.4) is 0 Å². The van der Waals surface area contributed by atoms with Crippen molar-refractivity contribution in [3.63, 3.8) is 0 Å². The Labute approximate surface area is 121 Å². The van der Waals surface area contributed by atoms with Gasteiger partial charge in [-0.05, 0) is 74.5 Å². The Kier molecular flexibility index (Phi) is 2.87. The van der Waals surface area contributed by atoms with Crippen LogP contribution in [0.1, 0.15) is 50.3 Å². The van der Waals surface area contributed by atoms with Crippen molar-refractivity contribution in [1.82, 2.24) is 9.78 Å². The fraction of sp³-hybridized carbons (Fsp3) is 0.824. The quantitative estimate of drug-likeness (QED) is 0.919. The van der Waals surface area contributed by atoms with E-state index < -0.39 is 0 Å². The van der Waals surface area contributed by atoms with E-state index in [1.54, 1.807) is 0 Å². The summed E-state index contributed by atoms with van der Waals surface area (Å²) < 4.78 is 1.88. The highest BCUT2D eigenvalue weighted by molar-refractivity contribution is 5.44. The third kappa shape index (κ3) is 1.82. The average molecular weight is 273 g/mol. The molecule has 4 saturated carbocycles. The maximum absolute atomic E-state index is 6.28. The number of anilines is 1. The number of nitrogen functional groups attached to an aromatic ring is 1. The molecule has 4 fully saturated rings. The van der Waals surface area contributed by atoms with Gasteiger partial charge < -0.3 is 5.73 Å². The van der Waals surface area contributed by atoms with E-state index >= 15 is 0 Å². The first kappa shape index (κ1) is 12.7. The van der Waals surface area contributed by atoms with Crippen LogP contribution in [0.25, 0.3) is 0 Å². The molecule has 4 aliphatic carbocycles. The van der Waals surface area contributed by atoms with Gasteiger partial charge in [0.05, 0.1) is 5.69 Å². The Balaban J connectivity index is 1.60. The lowest BCUT2D eigenvalue weighted by Crippen LogP contribution is -2.45. The molecule has 0 aromatic carbocycles. The molecule has 4 aliphatic rings. The summed E-state index contributed by atoms with van der Waals surface area (Å²) in [5.74, 6) is 5.89. The Hall–Kier alpha value is -0.990. The van der Waals surface area contributed by atoms with Crippen LogP contribution in [-0.4, -0.2) is 9.78 Å². The summed E-state index contributed by atoms with van der Waals surface area (Å²) in [7, 11) is 1.98. The summed E-state index contributed by atoms with van der Waals surface area (Å²) in [5, 5.41) is 4.60.